The highest BCUT2D eigenvalue weighted by Crippen LogP contribution is 2.48. The standard InChI is InChI=1S/C17H31NO2/c1-16(2)9-14(10-17(3,4)12-16)18(11-15(19)20)13-7-5-6-8-13/h13-14H,5-12H2,1-4H3,(H,19,20). The molecule has 0 aromatic carbocycles. The van der Waals surface area contributed by atoms with Crippen LogP contribution in [0.1, 0.15) is 72.6 Å². The summed E-state index contributed by atoms with van der Waals surface area (Å²) in [4.78, 5) is 13.6. The molecule has 2 rings (SSSR count). The van der Waals surface area contributed by atoms with Gasteiger partial charge in [-0.05, 0) is 42.9 Å². The molecule has 0 amide bonds. The Morgan fingerprint density at radius 2 is 1.55 bits per heavy atom. The minimum atomic E-state index is -0.668. The third kappa shape index (κ3) is 3.97. The van der Waals surface area contributed by atoms with Gasteiger partial charge >= 0.3 is 5.97 Å². The van der Waals surface area contributed by atoms with Crippen LogP contribution in [0.25, 0.3) is 0 Å². The lowest BCUT2D eigenvalue weighted by Gasteiger charge is -2.49. The molecule has 3 nitrogen and oxygen atoms in total. The van der Waals surface area contributed by atoms with E-state index in [0.717, 1.165) is 12.8 Å². The lowest BCUT2D eigenvalue weighted by molar-refractivity contribution is -0.140. The largest absolute Gasteiger partial charge is 0.480 e. The topological polar surface area (TPSA) is 40.5 Å². The molecule has 2 aliphatic carbocycles. The summed E-state index contributed by atoms with van der Waals surface area (Å²) >= 11 is 0. The van der Waals surface area contributed by atoms with Crippen molar-refractivity contribution in [2.24, 2.45) is 10.8 Å². The summed E-state index contributed by atoms with van der Waals surface area (Å²) in [6, 6.07) is 0.939. The highest BCUT2D eigenvalue weighted by molar-refractivity contribution is 5.69. The van der Waals surface area contributed by atoms with Gasteiger partial charge in [0.2, 0.25) is 0 Å². The second-order valence-corrected chi connectivity index (χ2v) is 8.57. The van der Waals surface area contributed by atoms with Crippen molar-refractivity contribution in [3.8, 4) is 0 Å². The predicted octanol–water partition coefficient (Wildman–Crippen LogP) is 3.92. The maximum atomic E-state index is 11.3. The summed E-state index contributed by atoms with van der Waals surface area (Å²) in [6.45, 7) is 9.59. The van der Waals surface area contributed by atoms with Crippen molar-refractivity contribution in [1.82, 2.24) is 4.90 Å². The van der Waals surface area contributed by atoms with Crippen molar-refractivity contribution >= 4 is 5.97 Å². The Kier molecular flexibility index (Phi) is 4.48. The molecular formula is C17H31NO2. The van der Waals surface area contributed by atoms with Crippen LogP contribution in [0, 0.1) is 10.8 Å². The molecule has 116 valence electrons. The van der Waals surface area contributed by atoms with Crippen molar-refractivity contribution in [3.63, 3.8) is 0 Å². The maximum absolute atomic E-state index is 11.3. The number of hydrogen-bond donors (Lipinski definition) is 1. The Morgan fingerprint density at radius 3 is 2.00 bits per heavy atom. The zero-order valence-corrected chi connectivity index (χ0v) is 13.6. The van der Waals surface area contributed by atoms with Crippen LogP contribution < -0.4 is 0 Å². The molecule has 1 N–H and O–H groups in total. The molecule has 0 radical (unpaired) electrons. The number of hydrogen-bond acceptors (Lipinski definition) is 2. The molecule has 0 heterocycles. The third-order valence-electron chi connectivity index (χ3n) is 5.11. The van der Waals surface area contributed by atoms with Crippen LogP contribution in [0.2, 0.25) is 0 Å². The monoisotopic (exact) mass is 281 g/mol. The summed E-state index contributed by atoms with van der Waals surface area (Å²) < 4.78 is 0. The van der Waals surface area contributed by atoms with E-state index in [2.05, 4.69) is 32.6 Å². The molecule has 2 saturated carbocycles. The maximum Gasteiger partial charge on any atom is 0.317 e. The number of carboxylic acids is 1. The third-order valence-corrected chi connectivity index (χ3v) is 5.11. The number of nitrogens with zero attached hydrogens (tertiary/aromatic N) is 1. The van der Waals surface area contributed by atoms with Crippen molar-refractivity contribution < 1.29 is 9.90 Å². The second-order valence-electron chi connectivity index (χ2n) is 8.57. The van der Waals surface area contributed by atoms with Crippen LogP contribution in [-0.2, 0) is 4.79 Å². The molecule has 0 bridgehead atoms. The van der Waals surface area contributed by atoms with Crippen LogP contribution in [0.5, 0.6) is 0 Å². The Balaban J connectivity index is 2.16. The van der Waals surface area contributed by atoms with Gasteiger partial charge in [-0.3, -0.25) is 9.69 Å². The molecule has 0 unspecified atom stereocenters. The van der Waals surface area contributed by atoms with Gasteiger partial charge in [0.15, 0.2) is 0 Å². The minimum absolute atomic E-state index is 0.224. The summed E-state index contributed by atoms with van der Waals surface area (Å²) in [5, 5.41) is 9.29. The molecule has 20 heavy (non-hydrogen) atoms. The second kappa shape index (κ2) is 5.67. The van der Waals surface area contributed by atoms with Gasteiger partial charge in [0.05, 0.1) is 6.54 Å². The Morgan fingerprint density at radius 1 is 1.05 bits per heavy atom. The molecule has 2 fully saturated rings. The number of rotatable bonds is 4. The van der Waals surface area contributed by atoms with E-state index in [0.29, 0.717) is 22.9 Å². The molecule has 2 aliphatic rings. The van der Waals surface area contributed by atoms with E-state index in [1.807, 2.05) is 0 Å². The van der Waals surface area contributed by atoms with Crippen molar-refractivity contribution in [1.29, 1.82) is 0 Å². The van der Waals surface area contributed by atoms with E-state index in [1.165, 1.54) is 32.1 Å². The summed E-state index contributed by atoms with van der Waals surface area (Å²) in [6.07, 6.45) is 8.42. The van der Waals surface area contributed by atoms with Crippen LogP contribution in [0.15, 0.2) is 0 Å². The van der Waals surface area contributed by atoms with Crippen molar-refractivity contribution in [3.05, 3.63) is 0 Å². The number of aliphatic carboxylic acids is 1. The Hall–Kier alpha value is -0.570. The molecule has 3 heteroatoms. The molecule has 0 spiro atoms. The van der Waals surface area contributed by atoms with E-state index >= 15 is 0 Å². The van der Waals surface area contributed by atoms with Gasteiger partial charge in [-0.15, -0.1) is 0 Å². The van der Waals surface area contributed by atoms with Crippen LogP contribution >= 0.6 is 0 Å². The van der Waals surface area contributed by atoms with Crippen molar-refractivity contribution in [2.45, 2.75) is 84.7 Å². The SMILES string of the molecule is CC1(C)CC(N(CC(=O)O)C2CCCC2)CC(C)(C)C1. The Labute approximate surface area is 123 Å². The van der Waals surface area contributed by atoms with E-state index in [9.17, 15) is 9.90 Å². The summed E-state index contributed by atoms with van der Waals surface area (Å²) in [5.74, 6) is -0.668. The first kappa shape index (κ1) is 15.8. The molecule has 0 atom stereocenters. The van der Waals surface area contributed by atoms with Gasteiger partial charge in [0, 0.05) is 12.1 Å². The fourth-order valence-electron chi connectivity index (χ4n) is 4.97. The van der Waals surface area contributed by atoms with Gasteiger partial charge < -0.3 is 5.11 Å². The fourth-order valence-corrected chi connectivity index (χ4v) is 4.97. The van der Waals surface area contributed by atoms with Gasteiger partial charge in [-0.2, -0.15) is 0 Å². The highest BCUT2D eigenvalue weighted by atomic mass is 16.4. The van der Waals surface area contributed by atoms with E-state index in [1.54, 1.807) is 0 Å². The predicted molar refractivity (Wildman–Crippen MR) is 81.8 cm³/mol. The average Bonchev–Trinajstić information content (AvgIpc) is 2.73. The smallest absolute Gasteiger partial charge is 0.317 e. The van der Waals surface area contributed by atoms with E-state index in [-0.39, 0.29) is 6.54 Å². The van der Waals surface area contributed by atoms with E-state index < -0.39 is 5.97 Å². The first-order valence-electron chi connectivity index (χ1n) is 8.16. The fraction of sp³-hybridized carbons (Fsp3) is 0.941. The zero-order chi connectivity index (χ0) is 15.0. The lowest BCUT2D eigenvalue weighted by Crippen LogP contribution is -2.51. The quantitative estimate of drug-likeness (QED) is 0.849. The normalized spacial score (nSPS) is 27.1. The highest BCUT2D eigenvalue weighted by Gasteiger charge is 2.42. The van der Waals surface area contributed by atoms with Crippen LogP contribution in [-0.4, -0.2) is 34.6 Å². The van der Waals surface area contributed by atoms with Crippen LogP contribution in [0.3, 0.4) is 0 Å². The van der Waals surface area contributed by atoms with Crippen LogP contribution in [0.4, 0.5) is 0 Å². The first-order valence-corrected chi connectivity index (χ1v) is 8.16. The van der Waals surface area contributed by atoms with Gasteiger partial charge in [0.1, 0.15) is 0 Å². The molecule has 0 aliphatic heterocycles. The van der Waals surface area contributed by atoms with Gasteiger partial charge in [-0.1, -0.05) is 40.5 Å². The molecule has 0 aromatic rings. The molecule has 0 aromatic heterocycles. The molecular weight excluding hydrogens is 250 g/mol. The average molecular weight is 281 g/mol. The number of carbonyl (C=O) groups is 1. The van der Waals surface area contributed by atoms with Gasteiger partial charge in [0.25, 0.3) is 0 Å². The summed E-state index contributed by atoms with van der Waals surface area (Å²) in [7, 11) is 0. The first-order chi connectivity index (χ1) is 9.19. The summed E-state index contributed by atoms with van der Waals surface area (Å²) in [5.41, 5.74) is 0.642. The molecule has 0 saturated heterocycles. The Bertz CT molecular complexity index is 340. The lowest BCUT2D eigenvalue weighted by atomic mass is 9.63. The zero-order valence-electron chi connectivity index (χ0n) is 13.6. The van der Waals surface area contributed by atoms with E-state index in [4.69, 9.17) is 0 Å². The van der Waals surface area contributed by atoms with Gasteiger partial charge in [-0.25, -0.2) is 0 Å². The minimum Gasteiger partial charge on any atom is -0.480 e. The number of carboxylic acid groups (broad SMARTS) is 1. The van der Waals surface area contributed by atoms with Crippen molar-refractivity contribution in [2.75, 3.05) is 6.54 Å².